The molecule has 3 N–H and O–H groups in total. The van der Waals surface area contributed by atoms with Crippen molar-refractivity contribution < 1.29 is 4.74 Å². The first-order valence-corrected chi connectivity index (χ1v) is 8.97. The van der Waals surface area contributed by atoms with Crippen LogP contribution in [-0.4, -0.2) is 55.2 Å². The van der Waals surface area contributed by atoms with Crippen molar-refractivity contribution in [2.75, 3.05) is 39.4 Å². The summed E-state index contributed by atoms with van der Waals surface area (Å²) in [5.74, 6) is 1.23. The van der Waals surface area contributed by atoms with Crippen molar-refractivity contribution in [3.63, 3.8) is 0 Å². The Morgan fingerprint density at radius 3 is 3.05 bits per heavy atom. The van der Waals surface area contributed by atoms with Gasteiger partial charge in [0, 0.05) is 30.9 Å². The first-order valence-electron chi connectivity index (χ1n) is 8.09. The molecule has 7 heteroatoms. The maximum atomic E-state index is 5.90. The average Bonchev–Trinajstić information content (AvgIpc) is 3.29. The molecule has 1 aliphatic carbocycles. The van der Waals surface area contributed by atoms with Gasteiger partial charge in [-0.15, -0.1) is 11.3 Å². The summed E-state index contributed by atoms with van der Waals surface area (Å²) in [6.45, 7) is 6.31. The Hall–Kier alpha value is -1.18. The Bertz CT molecular complexity index is 494. The molecule has 0 unspecified atom stereocenters. The number of aliphatic imine (C=N–C) groups is 1. The van der Waals surface area contributed by atoms with E-state index in [4.69, 9.17) is 10.5 Å². The number of ether oxygens (including phenoxy) is 1. The zero-order chi connectivity index (χ0) is 15.2. The second-order valence-corrected chi connectivity index (χ2v) is 6.82. The number of nitrogens with zero attached hydrogens (tertiary/aromatic N) is 3. The van der Waals surface area contributed by atoms with Crippen molar-refractivity contribution in [3.05, 3.63) is 16.1 Å². The predicted molar refractivity (Wildman–Crippen MR) is 89.3 cm³/mol. The van der Waals surface area contributed by atoms with Gasteiger partial charge in [-0.3, -0.25) is 4.90 Å². The van der Waals surface area contributed by atoms with Crippen LogP contribution in [0.25, 0.3) is 0 Å². The topological polar surface area (TPSA) is 75.8 Å². The van der Waals surface area contributed by atoms with Gasteiger partial charge in [0.25, 0.3) is 0 Å². The van der Waals surface area contributed by atoms with Gasteiger partial charge in [-0.1, -0.05) is 0 Å². The lowest BCUT2D eigenvalue weighted by Crippen LogP contribution is -2.39. The van der Waals surface area contributed by atoms with E-state index >= 15 is 0 Å². The molecule has 1 aliphatic heterocycles. The summed E-state index contributed by atoms with van der Waals surface area (Å²) in [5, 5.41) is 6.40. The smallest absolute Gasteiger partial charge is 0.189 e. The summed E-state index contributed by atoms with van der Waals surface area (Å²) in [4.78, 5) is 11.4. The van der Waals surface area contributed by atoms with Crippen LogP contribution in [0.4, 0.5) is 0 Å². The van der Waals surface area contributed by atoms with Crippen LogP contribution < -0.4 is 11.1 Å². The fraction of sp³-hybridized carbons (Fsp3) is 0.733. The Morgan fingerprint density at radius 1 is 1.45 bits per heavy atom. The lowest BCUT2D eigenvalue weighted by atomic mass is 10.3. The lowest BCUT2D eigenvalue weighted by molar-refractivity contribution is 0.0376. The minimum atomic E-state index is 0.519. The molecule has 1 saturated carbocycles. The van der Waals surface area contributed by atoms with Gasteiger partial charge in [-0.2, -0.15) is 0 Å². The minimum absolute atomic E-state index is 0.519. The lowest BCUT2D eigenvalue weighted by Gasteiger charge is -2.26. The van der Waals surface area contributed by atoms with E-state index in [2.05, 4.69) is 25.6 Å². The fourth-order valence-electron chi connectivity index (χ4n) is 2.52. The largest absolute Gasteiger partial charge is 0.379 e. The highest BCUT2D eigenvalue weighted by Gasteiger charge is 2.25. The van der Waals surface area contributed by atoms with Crippen molar-refractivity contribution in [2.45, 2.75) is 31.7 Å². The highest BCUT2D eigenvalue weighted by atomic mass is 32.1. The third-order valence-corrected chi connectivity index (χ3v) is 4.86. The first kappa shape index (κ1) is 15.7. The molecule has 6 nitrogen and oxygen atoms in total. The highest BCUT2D eigenvalue weighted by molar-refractivity contribution is 7.09. The van der Waals surface area contributed by atoms with Gasteiger partial charge in [0.1, 0.15) is 5.01 Å². The minimum Gasteiger partial charge on any atom is -0.379 e. The Balaban J connectivity index is 1.31. The molecule has 1 aromatic heterocycles. The molecule has 2 fully saturated rings. The third-order valence-electron chi connectivity index (χ3n) is 4.01. The average molecular weight is 323 g/mol. The van der Waals surface area contributed by atoms with Crippen LogP contribution in [0.15, 0.2) is 10.4 Å². The van der Waals surface area contributed by atoms with Crippen molar-refractivity contribution in [1.29, 1.82) is 0 Å². The van der Waals surface area contributed by atoms with Gasteiger partial charge in [-0.05, 0) is 25.8 Å². The molecule has 22 heavy (non-hydrogen) atoms. The summed E-state index contributed by atoms with van der Waals surface area (Å²) in [6, 6.07) is 0. The van der Waals surface area contributed by atoms with E-state index in [1.165, 1.54) is 18.5 Å². The second-order valence-electron chi connectivity index (χ2n) is 5.88. The number of hydrogen-bond donors (Lipinski definition) is 2. The third kappa shape index (κ3) is 4.93. The number of nitrogens with one attached hydrogen (secondary N) is 1. The Kier molecular flexibility index (Phi) is 5.64. The molecule has 2 heterocycles. The molecular formula is C15H25N5OS. The molecule has 0 aromatic carbocycles. The zero-order valence-electron chi connectivity index (χ0n) is 13.0. The van der Waals surface area contributed by atoms with Crippen LogP contribution in [-0.2, 0) is 11.3 Å². The maximum Gasteiger partial charge on any atom is 0.189 e. The van der Waals surface area contributed by atoms with Crippen LogP contribution in [0, 0.1) is 0 Å². The number of thiazole rings is 1. The van der Waals surface area contributed by atoms with E-state index < -0.39 is 0 Å². The number of guanidine groups is 1. The first-order chi connectivity index (χ1) is 10.8. The fourth-order valence-corrected chi connectivity index (χ4v) is 3.32. The number of aromatic nitrogens is 1. The van der Waals surface area contributed by atoms with Crippen LogP contribution >= 0.6 is 11.3 Å². The molecule has 122 valence electrons. The van der Waals surface area contributed by atoms with E-state index in [0.717, 1.165) is 50.8 Å². The molecule has 0 radical (unpaired) electrons. The summed E-state index contributed by atoms with van der Waals surface area (Å²) in [7, 11) is 0. The van der Waals surface area contributed by atoms with E-state index in [1.54, 1.807) is 11.3 Å². The highest BCUT2D eigenvalue weighted by Crippen LogP contribution is 2.40. The van der Waals surface area contributed by atoms with Crippen LogP contribution in [0.5, 0.6) is 0 Å². The van der Waals surface area contributed by atoms with E-state index in [9.17, 15) is 0 Å². The molecule has 0 amide bonds. The number of rotatable bonds is 7. The summed E-state index contributed by atoms with van der Waals surface area (Å²) in [5.41, 5.74) is 7.14. The van der Waals surface area contributed by atoms with Gasteiger partial charge in [0.05, 0.1) is 25.5 Å². The van der Waals surface area contributed by atoms with E-state index in [-0.39, 0.29) is 0 Å². The monoisotopic (exact) mass is 323 g/mol. The normalized spacial score (nSPS) is 20.3. The molecule has 2 aliphatic rings. The SMILES string of the molecule is NC(=NCc1nc(C2CC2)cs1)NCCCN1CCOCC1. The van der Waals surface area contributed by atoms with Crippen LogP contribution in [0.2, 0.25) is 0 Å². The van der Waals surface area contributed by atoms with Crippen molar-refractivity contribution in [3.8, 4) is 0 Å². The summed E-state index contributed by atoms with van der Waals surface area (Å²) in [6.07, 6.45) is 3.65. The summed E-state index contributed by atoms with van der Waals surface area (Å²) >= 11 is 1.69. The Labute approximate surface area is 135 Å². The quantitative estimate of drug-likeness (QED) is 0.447. The van der Waals surface area contributed by atoms with Crippen molar-refractivity contribution in [2.24, 2.45) is 10.7 Å². The zero-order valence-corrected chi connectivity index (χ0v) is 13.8. The van der Waals surface area contributed by atoms with Crippen LogP contribution in [0.1, 0.15) is 35.9 Å². The summed E-state index contributed by atoms with van der Waals surface area (Å²) < 4.78 is 5.34. The molecule has 0 spiro atoms. The standard InChI is InChI=1S/C15H25N5OS/c16-15(17-4-1-5-20-6-8-21-9-7-20)18-10-14-19-13(11-22-14)12-2-3-12/h11-12H,1-10H2,(H3,16,17,18). The molecule has 0 bridgehead atoms. The molecule has 1 aromatic rings. The number of nitrogens with two attached hydrogens (primary N) is 1. The van der Waals surface area contributed by atoms with Gasteiger partial charge in [-0.25, -0.2) is 9.98 Å². The van der Waals surface area contributed by atoms with Gasteiger partial charge in [0.2, 0.25) is 0 Å². The second kappa shape index (κ2) is 7.89. The molecule has 3 rings (SSSR count). The number of morpholine rings is 1. The predicted octanol–water partition coefficient (Wildman–Crippen LogP) is 1.15. The number of hydrogen-bond acceptors (Lipinski definition) is 5. The molecule has 0 atom stereocenters. The van der Waals surface area contributed by atoms with E-state index in [1.807, 2.05) is 0 Å². The molecule has 1 saturated heterocycles. The Morgan fingerprint density at radius 2 is 2.27 bits per heavy atom. The van der Waals surface area contributed by atoms with Gasteiger partial charge in [0.15, 0.2) is 5.96 Å². The maximum absolute atomic E-state index is 5.90. The van der Waals surface area contributed by atoms with E-state index in [0.29, 0.717) is 18.4 Å². The van der Waals surface area contributed by atoms with Crippen LogP contribution in [0.3, 0.4) is 0 Å². The molecular weight excluding hydrogens is 298 g/mol. The van der Waals surface area contributed by atoms with Gasteiger partial charge >= 0.3 is 0 Å². The van der Waals surface area contributed by atoms with Crippen molar-refractivity contribution in [1.82, 2.24) is 15.2 Å². The van der Waals surface area contributed by atoms with Crippen molar-refractivity contribution >= 4 is 17.3 Å². The van der Waals surface area contributed by atoms with Gasteiger partial charge < -0.3 is 15.8 Å².